The zero-order chi connectivity index (χ0) is 22.6. The molecule has 1 N–H and O–H groups in total. The van der Waals surface area contributed by atoms with Crippen molar-refractivity contribution < 1.29 is 9.53 Å². The first-order valence-corrected chi connectivity index (χ1v) is 12.4. The molecule has 3 heterocycles. The lowest BCUT2D eigenvalue weighted by molar-refractivity contribution is -0.121. The molecule has 6 heteroatoms. The van der Waals surface area contributed by atoms with E-state index in [1.165, 1.54) is 16.8 Å². The molecular weight excluding hydrogens is 412 g/mol. The van der Waals surface area contributed by atoms with Crippen LogP contribution in [0, 0.1) is 0 Å². The molecule has 3 fully saturated rings. The molecule has 0 bridgehead atoms. The van der Waals surface area contributed by atoms with Crippen molar-refractivity contribution in [3.63, 3.8) is 0 Å². The first-order chi connectivity index (χ1) is 16.2. The number of para-hydroxylation sites is 1. The van der Waals surface area contributed by atoms with E-state index >= 15 is 0 Å². The van der Waals surface area contributed by atoms with Crippen LogP contribution in [-0.2, 0) is 16.0 Å². The molecule has 2 aromatic carbocycles. The summed E-state index contributed by atoms with van der Waals surface area (Å²) in [6, 6.07) is 17.1. The van der Waals surface area contributed by atoms with E-state index in [0.29, 0.717) is 12.5 Å². The average molecular weight is 449 g/mol. The van der Waals surface area contributed by atoms with Crippen LogP contribution in [0.15, 0.2) is 48.5 Å². The van der Waals surface area contributed by atoms with Crippen molar-refractivity contribution in [1.29, 1.82) is 0 Å². The molecule has 0 aliphatic carbocycles. The maximum Gasteiger partial charge on any atom is 0.244 e. The number of rotatable bonds is 5. The van der Waals surface area contributed by atoms with Gasteiger partial charge in [0, 0.05) is 63.9 Å². The number of carbonyl (C=O) groups excluding carboxylic acids is 1. The van der Waals surface area contributed by atoms with Gasteiger partial charge in [0.25, 0.3) is 0 Å². The SMILES string of the molecule is CN1CCN(c2ccccc2CC2NCCN(c3ccc(C4CCOCC4)cc3)C2=O)CC1. The van der Waals surface area contributed by atoms with Crippen molar-refractivity contribution in [2.24, 2.45) is 0 Å². The van der Waals surface area contributed by atoms with Crippen LogP contribution in [0.5, 0.6) is 0 Å². The lowest BCUT2D eigenvalue weighted by Crippen LogP contribution is -2.56. The molecule has 5 rings (SSSR count). The fourth-order valence-corrected chi connectivity index (χ4v) is 5.37. The van der Waals surface area contributed by atoms with Gasteiger partial charge in [-0.1, -0.05) is 30.3 Å². The number of ether oxygens (including phenoxy) is 1. The molecule has 3 saturated heterocycles. The van der Waals surface area contributed by atoms with Crippen LogP contribution < -0.4 is 15.1 Å². The maximum atomic E-state index is 13.5. The number of benzene rings is 2. The lowest BCUT2D eigenvalue weighted by atomic mass is 9.91. The van der Waals surface area contributed by atoms with Gasteiger partial charge in [-0.2, -0.15) is 0 Å². The molecule has 6 nitrogen and oxygen atoms in total. The quantitative estimate of drug-likeness (QED) is 0.762. The largest absolute Gasteiger partial charge is 0.381 e. The molecule has 2 aromatic rings. The van der Waals surface area contributed by atoms with Crippen LogP contribution in [-0.4, -0.2) is 76.4 Å². The van der Waals surface area contributed by atoms with Crippen molar-refractivity contribution >= 4 is 17.3 Å². The van der Waals surface area contributed by atoms with Gasteiger partial charge in [-0.05, 0) is 61.6 Å². The Labute approximate surface area is 197 Å². The van der Waals surface area contributed by atoms with Crippen molar-refractivity contribution in [2.75, 3.05) is 69.3 Å². The fraction of sp³-hybridized carbons (Fsp3) is 0.519. The van der Waals surface area contributed by atoms with Crippen LogP contribution in [0.25, 0.3) is 0 Å². The Hall–Kier alpha value is -2.41. The summed E-state index contributed by atoms with van der Waals surface area (Å²) in [5.41, 5.74) is 4.90. The second-order valence-electron chi connectivity index (χ2n) is 9.60. The summed E-state index contributed by atoms with van der Waals surface area (Å²) < 4.78 is 5.50. The molecule has 3 aliphatic rings. The number of hydrogen-bond donors (Lipinski definition) is 1. The van der Waals surface area contributed by atoms with Crippen LogP contribution >= 0.6 is 0 Å². The predicted octanol–water partition coefficient (Wildman–Crippen LogP) is 2.88. The van der Waals surface area contributed by atoms with Crippen LogP contribution in [0.3, 0.4) is 0 Å². The summed E-state index contributed by atoms with van der Waals surface area (Å²) in [4.78, 5) is 20.3. The zero-order valence-corrected chi connectivity index (χ0v) is 19.7. The number of likely N-dealkylation sites (N-methyl/N-ethyl adjacent to an activating group) is 1. The number of anilines is 2. The topological polar surface area (TPSA) is 48.0 Å². The molecule has 1 atom stereocenters. The van der Waals surface area contributed by atoms with Crippen LogP contribution in [0.1, 0.15) is 29.9 Å². The van der Waals surface area contributed by atoms with E-state index in [1.54, 1.807) is 0 Å². The number of nitrogens with one attached hydrogen (secondary N) is 1. The minimum absolute atomic E-state index is 0.174. The highest BCUT2D eigenvalue weighted by Gasteiger charge is 2.30. The highest BCUT2D eigenvalue weighted by Crippen LogP contribution is 2.29. The summed E-state index contributed by atoms with van der Waals surface area (Å²) in [7, 11) is 2.18. The third kappa shape index (κ3) is 5.08. The number of nitrogens with zero attached hydrogens (tertiary/aromatic N) is 3. The summed E-state index contributed by atoms with van der Waals surface area (Å²) in [5, 5.41) is 3.49. The van der Waals surface area contributed by atoms with E-state index in [1.807, 2.05) is 4.90 Å². The summed E-state index contributed by atoms with van der Waals surface area (Å²) in [5.74, 6) is 0.749. The summed E-state index contributed by atoms with van der Waals surface area (Å²) >= 11 is 0. The molecule has 1 amide bonds. The van der Waals surface area contributed by atoms with Gasteiger partial charge in [0.2, 0.25) is 5.91 Å². The first kappa shape index (κ1) is 22.4. The number of hydrogen-bond acceptors (Lipinski definition) is 5. The molecule has 33 heavy (non-hydrogen) atoms. The molecule has 176 valence electrons. The minimum Gasteiger partial charge on any atom is -0.381 e. The van der Waals surface area contributed by atoms with Crippen molar-refractivity contribution in [3.05, 3.63) is 59.7 Å². The Morgan fingerprint density at radius 2 is 1.67 bits per heavy atom. The molecule has 0 aromatic heterocycles. The maximum absolute atomic E-state index is 13.5. The standard InChI is InChI=1S/C27H36N4O2/c1-29-14-16-30(17-15-29)26-5-3-2-4-23(26)20-25-27(32)31(13-12-28-25)24-8-6-21(7-9-24)22-10-18-33-19-11-22/h2-9,22,25,28H,10-20H2,1H3. The van der Waals surface area contributed by atoms with Gasteiger partial charge in [-0.25, -0.2) is 0 Å². The van der Waals surface area contributed by atoms with E-state index in [9.17, 15) is 4.79 Å². The molecular formula is C27H36N4O2. The van der Waals surface area contributed by atoms with Gasteiger partial charge in [-0.3, -0.25) is 4.79 Å². The lowest BCUT2D eigenvalue weighted by Gasteiger charge is -2.37. The molecule has 1 unspecified atom stereocenters. The summed E-state index contributed by atoms with van der Waals surface area (Å²) in [6.07, 6.45) is 2.89. The third-order valence-corrected chi connectivity index (χ3v) is 7.45. The molecule has 0 saturated carbocycles. The van der Waals surface area contributed by atoms with E-state index in [2.05, 4.69) is 70.7 Å². The molecule has 0 radical (unpaired) electrons. The Balaban J connectivity index is 1.28. The van der Waals surface area contributed by atoms with Gasteiger partial charge in [0.1, 0.15) is 0 Å². The molecule has 3 aliphatic heterocycles. The number of amides is 1. The van der Waals surface area contributed by atoms with Gasteiger partial charge in [0.05, 0.1) is 6.04 Å². The van der Waals surface area contributed by atoms with Gasteiger partial charge in [0.15, 0.2) is 0 Å². The number of piperazine rings is 2. The Bertz CT molecular complexity index is 933. The van der Waals surface area contributed by atoms with Crippen LogP contribution in [0.2, 0.25) is 0 Å². The van der Waals surface area contributed by atoms with Crippen LogP contribution in [0.4, 0.5) is 11.4 Å². The van der Waals surface area contributed by atoms with Gasteiger partial charge >= 0.3 is 0 Å². The highest BCUT2D eigenvalue weighted by atomic mass is 16.5. The average Bonchev–Trinajstić information content (AvgIpc) is 2.87. The Morgan fingerprint density at radius 1 is 0.939 bits per heavy atom. The minimum atomic E-state index is -0.192. The highest BCUT2D eigenvalue weighted by molar-refractivity contribution is 5.98. The smallest absolute Gasteiger partial charge is 0.244 e. The molecule has 0 spiro atoms. The second kappa shape index (κ2) is 10.2. The second-order valence-corrected chi connectivity index (χ2v) is 9.60. The van der Waals surface area contributed by atoms with E-state index in [-0.39, 0.29) is 11.9 Å². The number of carbonyl (C=O) groups is 1. The Kier molecular flexibility index (Phi) is 6.95. The summed E-state index contributed by atoms with van der Waals surface area (Å²) in [6.45, 7) is 7.44. The van der Waals surface area contributed by atoms with E-state index in [4.69, 9.17) is 4.74 Å². The van der Waals surface area contributed by atoms with Gasteiger partial charge in [-0.15, -0.1) is 0 Å². The monoisotopic (exact) mass is 448 g/mol. The Morgan fingerprint density at radius 3 is 2.42 bits per heavy atom. The van der Waals surface area contributed by atoms with Gasteiger partial charge < -0.3 is 24.8 Å². The third-order valence-electron chi connectivity index (χ3n) is 7.45. The normalized spacial score (nSPS) is 23.2. The van der Waals surface area contributed by atoms with Crippen molar-refractivity contribution in [1.82, 2.24) is 10.2 Å². The fourth-order valence-electron chi connectivity index (χ4n) is 5.37. The van der Waals surface area contributed by atoms with E-state index < -0.39 is 0 Å². The first-order valence-electron chi connectivity index (χ1n) is 12.4. The van der Waals surface area contributed by atoms with Crippen molar-refractivity contribution in [3.8, 4) is 0 Å². The van der Waals surface area contributed by atoms with E-state index in [0.717, 1.165) is 70.9 Å². The predicted molar refractivity (Wildman–Crippen MR) is 133 cm³/mol. The van der Waals surface area contributed by atoms with Crippen molar-refractivity contribution in [2.45, 2.75) is 31.2 Å². The zero-order valence-electron chi connectivity index (χ0n) is 19.7.